The summed E-state index contributed by atoms with van der Waals surface area (Å²) in [5.41, 5.74) is -1.20. The average Bonchev–Trinajstić information content (AvgIpc) is 2.34. The molecule has 0 bridgehead atoms. The highest BCUT2D eigenvalue weighted by molar-refractivity contribution is 7.89. The van der Waals surface area contributed by atoms with Crippen molar-refractivity contribution in [1.29, 1.82) is 0 Å². The van der Waals surface area contributed by atoms with E-state index in [0.717, 1.165) is 6.07 Å². The van der Waals surface area contributed by atoms with E-state index in [4.69, 9.17) is 16.7 Å². The summed E-state index contributed by atoms with van der Waals surface area (Å²) in [6, 6.07) is 0.330. The van der Waals surface area contributed by atoms with Crippen LogP contribution in [0.5, 0.6) is 0 Å². The van der Waals surface area contributed by atoms with Crippen molar-refractivity contribution >= 4 is 27.6 Å². The summed E-state index contributed by atoms with van der Waals surface area (Å²) >= 11 is 5.60. The first kappa shape index (κ1) is 17.7. The van der Waals surface area contributed by atoms with Crippen LogP contribution in [0, 0.1) is 0 Å². The molecule has 1 atom stereocenters. The zero-order valence-electron chi connectivity index (χ0n) is 10.6. The van der Waals surface area contributed by atoms with Gasteiger partial charge in [-0.2, -0.15) is 17.9 Å². The monoisotopic (exact) mass is 345 g/mol. The van der Waals surface area contributed by atoms with Crippen LogP contribution >= 0.6 is 11.6 Å². The second-order valence-corrected chi connectivity index (χ2v) is 6.15. The van der Waals surface area contributed by atoms with Gasteiger partial charge < -0.3 is 5.11 Å². The number of alkyl halides is 3. The van der Waals surface area contributed by atoms with E-state index >= 15 is 0 Å². The van der Waals surface area contributed by atoms with Crippen LogP contribution in [-0.2, 0) is 21.0 Å². The van der Waals surface area contributed by atoms with Gasteiger partial charge in [-0.15, -0.1) is 0 Å². The van der Waals surface area contributed by atoms with E-state index in [9.17, 15) is 26.4 Å². The minimum absolute atomic E-state index is 0.0782. The lowest BCUT2D eigenvalue weighted by atomic mass is 10.2. The summed E-state index contributed by atoms with van der Waals surface area (Å²) in [7, 11) is -4.49. The summed E-state index contributed by atoms with van der Waals surface area (Å²) in [5.74, 6) is -1.44. The summed E-state index contributed by atoms with van der Waals surface area (Å²) < 4.78 is 63.5. The number of sulfonamides is 1. The number of nitrogens with one attached hydrogen (secondary N) is 1. The molecular weight excluding hydrogens is 335 g/mol. The first-order valence-corrected chi connectivity index (χ1v) is 7.47. The number of aliphatic carboxylic acids is 1. The molecule has 0 unspecified atom stereocenters. The topological polar surface area (TPSA) is 83.5 Å². The molecule has 5 nitrogen and oxygen atoms in total. The molecule has 1 rings (SSSR count). The Morgan fingerprint density at radius 2 is 2.00 bits per heavy atom. The van der Waals surface area contributed by atoms with Crippen molar-refractivity contribution in [1.82, 2.24) is 4.72 Å². The number of rotatable bonds is 5. The molecule has 21 heavy (non-hydrogen) atoms. The normalized spacial score (nSPS) is 14.0. The lowest BCUT2D eigenvalue weighted by Gasteiger charge is -2.15. The largest absolute Gasteiger partial charge is 0.480 e. The zero-order chi connectivity index (χ0) is 16.4. The number of hydrogen-bond donors (Lipinski definition) is 2. The van der Waals surface area contributed by atoms with Crippen LogP contribution in [0.25, 0.3) is 0 Å². The van der Waals surface area contributed by atoms with Gasteiger partial charge in [0.2, 0.25) is 10.0 Å². The second kappa shape index (κ2) is 6.20. The molecule has 0 saturated heterocycles. The van der Waals surface area contributed by atoms with Crippen LogP contribution in [0.2, 0.25) is 5.02 Å². The van der Waals surface area contributed by atoms with E-state index in [1.165, 1.54) is 6.92 Å². The van der Waals surface area contributed by atoms with Crippen LogP contribution in [0.4, 0.5) is 13.2 Å². The maximum absolute atomic E-state index is 12.6. The van der Waals surface area contributed by atoms with Crippen LogP contribution in [0.3, 0.4) is 0 Å². The molecule has 0 spiro atoms. The van der Waals surface area contributed by atoms with Gasteiger partial charge in [-0.1, -0.05) is 18.5 Å². The van der Waals surface area contributed by atoms with Gasteiger partial charge >= 0.3 is 12.1 Å². The fraction of sp³-hybridized carbons (Fsp3) is 0.364. The van der Waals surface area contributed by atoms with E-state index in [1.54, 1.807) is 4.72 Å². The summed E-state index contributed by atoms with van der Waals surface area (Å²) in [6.45, 7) is 1.41. The molecule has 118 valence electrons. The SMILES string of the molecule is CC[C@@H](NS(=O)(=O)c1cc(C(F)(F)F)ccc1Cl)C(=O)O. The predicted molar refractivity (Wildman–Crippen MR) is 68.5 cm³/mol. The van der Waals surface area contributed by atoms with Crippen molar-refractivity contribution in [3.05, 3.63) is 28.8 Å². The average molecular weight is 346 g/mol. The van der Waals surface area contributed by atoms with Gasteiger partial charge in [0, 0.05) is 0 Å². The van der Waals surface area contributed by atoms with Crippen LogP contribution in [0.1, 0.15) is 18.9 Å². The molecule has 0 aromatic heterocycles. The number of benzene rings is 1. The van der Waals surface area contributed by atoms with Gasteiger partial charge in [-0.25, -0.2) is 8.42 Å². The van der Waals surface area contributed by atoms with E-state index in [1.807, 2.05) is 0 Å². The number of carboxylic acid groups (broad SMARTS) is 1. The maximum Gasteiger partial charge on any atom is 0.416 e. The third-order valence-electron chi connectivity index (χ3n) is 2.55. The lowest BCUT2D eigenvalue weighted by Crippen LogP contribution is -2.40. The Morgan fingerprint density at radius 1 is 1.43 bits per heavy atom. The van der Waals surface area contributed by atoms with Crippen LogP contribution < -0.4 is 4.72 Å². The standard InChI is InChI=1S/C11H11ClF3NO4S/c1-2-8(10(17)18)16-21(19,20)9-5-6(11(13,14)15)3-4-7(9)12/h3-5,8,16H,2H2,1H3,(H,17,18)/t8-/m1/s1. The first-order valence-electron chi connectivity index (χ1n) is 5.61. The summed E-state index contributed by atoms with van der Waals surface area (Å²) in [6.07, 6.45) is -4.82. The lowest BCUT2D eigenvalue weighted by molar-refractivity contribution is -0.139. The highest BCUT2D eigenvalue weighted by Crippen LogP contribution is 2.33. The molecule has 2 N–H and O–H groups in total. The number of hydrogen-bond acceptors (Lipinski definition) is 3. The van der Waals surface area contributed by atoms with Crippen molar-refractivity contribution < 1.29 is 31.5 Å². The molecule has 0 heterocycles. The van der Waals surface area contributed by atoms with Gasteiger partial charge in [-0.05, 0) is 24.6 Å². The number of halogens is 4. The molecule has 0 aliphatic carbocycles. The highest BCUT2D eigenvalue weighted by atomic mass is 35.5. The van der Waals surface area contributed by atoms with E-state index < -0.39 is 43.7 Å². The van der Waals surface area contributed by atoms with Crippen molar-refractivity contribution in [3.8, 4) is 0 Å². The van der Waals surface area contributed by atoms with Crippen molar-refractivity contribution in [2.45, 2.75) is 30.5 Å². The Morgan fingerprint density at radius 3 is 2.43 bits per heavy atom. The van der Waals surface area contributed by atoms with Gasteiger partial charge in [0.05, 0.1) is 10.6 Å². The minimum Gasteiger partial charge on any atom is -0.480 e. The van der Waals surface area contributed by atoms with E-state index in [-0.39, 0.29) is 6.42 Å². The molecule has 1 aromatic carbocycles. The minimum atomic E-state index is -4.74. The Balaban J connectivity index is 3.28. The number of carbonyl (C=O) groups is 1. The maximum atomic E-state index is 12.6. The third kappa shape index (κ3) is 4.32. The first-order chi connectivity index (χ1) is 9.49. The molecule has 0 aliphatic heterocycles. The molecule has 0 saturated carbocycles. The predicted octanol–water partition coefficient (Wildman–Crippen LogP) is 2.50. The van der Waals surface area contributed by atoms with Crippen LogP contribution in [-0.4, -0.2) is 25.5 Å². The van der Waals surface area contributed by atoms with Crippen molar-refractivity contribution in [2.75, 3.05) is 0 Å². The third-order valence-corrected chi connectivity index (χ3v) is 4.51. The Labute approximate surface area is 123 Å². The van der Waals surface area contributed by atoms with Crippen LogP contribution in [0.15, 0.2) is 23.1 Å². The second-order valence-electron chi connectivity index (χ2n) is 4.06. The molecular formula is C11H11ClF3NO4S. The number of carboxylic acids is 1. The van der Waals surface area contributed by atoms with Gasteiger partial charge in [0.15, 0.2) is 0 Å². The quantitative estimate of drug-likeness (QED) is 0.859. The summed E-state index contributed by atoms with van der Waals surface area (Å²) in [5, 5.41) is 8.36. The highest BCUT2D eigenvalue weighted by Gasteiger charge is 2.33. The van der Waals surface area contributed by atoms with Gasteiger partial charge in [0.1, 0.15) is 10.9 Å². The molecule has 10 heteroatoms. The van der Waals surface area contributed by atoms with Gasteiger partial charge in [0.25, 0.3) is 0 Å². The van der Waals surface area contributed by atoms with Crippen molar-refractivity contribution in [2.24, 2.45) is 0 Å². The molecule has 1 aromatic rings. The fourth-order valence-corrected chi connectivity index (χ4v) is 3.24. The smallest absolute Gasteiger partial charge is 0.416 e. The van der Waals surface area contributed by atoms with E-state index in [0.29, 0.717) is 12.1 Å². The van der Waals surface area contributed by atoms with E-state index in [2.05, 4.69) is 0 Å². The van der Waals surface area contributed by atoms with Gasteiger partial charge in [-0.3, -0.25) is 4.79 Å². The van der Waals surface area contributed by atoms with Crippen molar-refractivity contribution in [3.63, 3.8) is 0 Å². The molecule has 0 fully saturated rings. The zero-order valence-corrected chi connectivity index (χ0v) is 12.2. The molecule has 0 radical (unpaired) electrons. The molecule has 0 aliphatic rings. The fourth-order valence-electron chi connectivity index (χ4n) is 1.44. The Bertz CT molecular complexity index is 645. The Hall–Kier alpha value is -1.32. The molecule has 0 amide bonds. The Kier molecular flexibility index (Phi) is 5.24. The summed E-state index contributed by atoms with van der Waals surface area (Å²) in [4.78, 5) is 9.99.